The number of hydrogen-bond donors (Lipinski definition) is 0. The zero-order valence-corrected chi connectivity index (χ0v) is 16.6. The van der Waals surface area contributed by atoms with E-state index >= 15 is 0 Å². The first-order valence-electron chi connectivity index (χ1n) is 8.96. The Balaban J connectivity index is 1.57. The molecule has 3 saturated heterocycles. The second-order valence-corrected chi connectivity index (χ2v) is 8.43. The van der Waals surface area contributed by atoms with Gasteiger partial charge in [0.25, 0.3) is 5.91 Å². The van der Waals surface area contributed by atoms with Crippen LogP contribution >= 0.6 is 15.9 Å². The number of benzene rings is 1. The van der Waals surface area contributed by atoms with Crippen molar-refractivity contribution in [3.8, 4) is 5.75 Å². The molecule has 1 aromatic carbocycles. The number of hydrogen-bond acceptors (Lipinski definition) is 4. The quantitative estimate of drug-likeness (QED) is 0.734. The molecule has 6 nitrogen and oxygen atoms in total. The van der Waals surface area contributed by atoms with Gasteiger partial charge in [-0.15, -0.1) is 0 Å². The van der Waals surface area contributed by atoms with Gasteiger partial charge in [0, 0.05) is 30.1 Å². The van der Waals surface area contributed by atoms with E-state index in [2.05, 4.69) is 15.9 Å². The summed E-state index contributed by atoms with van der Waals surface area (Å²) in [5, 5.41) is 0. The number of rotatable bonds is 2. The summed E-state index contributed by atoms with van der Waals surface area (Å²) in [7, 11) is 3.43. The van der Waals surface area contributed by atoms with Crippen molar-refractivity contribution < 1.29 is 19.1 Å². The molecule has 140 valence electrons. The smallest absolute Gasteiger partial charge is 0.255 e. The molecule has 7 heteroatoms. The number of nitrogens with zero attached hydrogens (tertiary/aromatic N) is 2. The Morgan fingerprint density at radius 1 is 1.31 bits per heavy atom. The third kappa shape index (κ3) is 2.91. The average molecular weight is 423 g/mol. The molecule has 3 fully saturated rings. The van der Waals surface area contributed by atoms with Gasteiger partial charge in [-0.3, -0.25) is 9.59 Å². The number of ether oxygens (including phenoxy) is 2. The largest absolute Gasteiger partial charge is 0.497 e. The maximum absolute atomic E-state index is 13.3. The van der Waals surface area contributed by atoms with Gasteiger partial charge in [-0.25, -0.2) is 0 Å². The standard InChI is InChI=1S/C19H23BrN2O4/c1-21-11-19(26-10-17(21)23)8-12-3-4-13(9-19)22(12)18(24)15-7-14(25-2)5-6-16(15)20/h5-7,12-13H,3-4,8-11H2,1-2H3. The lowest BCUT2D eigenvalue weighted by atomic mass is 9.84. The van der Waals surface area contributed by atoms with Crippen LogP contribution in [-0.2, 0) is 9.53 Å². The second-order valence-electron chi connectivity index (χ2n) is 7.57. The van der Waals surface area contributed by atoms with Crippen LogP contribution in [0.5, 0.6) is 5.75 Å². The zero-order chi connectivity index (χ0) is 18.5. The maximum Gasteiger partial charge on any atom is 0.255 e. The van der Waals surface area contributed by atoms with E-state index in [0.29, 0.717) is 17.9 Å². The van der Waals surface area contributed by atoms with Crippen LogP contribution in [0.1, 0.15) is 36.0 Å². The number of likely N-dealkylation sites (N-methyl/N-ethyl adjacent to an activating group) is 1. The highest BCUT2D eigenvalue weighted by molar-refractivity contribution is 9.10. The highest BCUT2D eigenvalue weighted by atomic mass is 79.9. The van der Waals surface area contributed by atoms with E-state index in [0.717, 1.165) is 30.2 Å². The minimum absolute atomic E-state index is 0.0294. The van der Waals surface area contributed by atoms with Crippen LogP contribution in [0.2, 0.25) is 0 Å². The first-order chi connectivity index (χ1) is 12.4. The fourth-order valence-electron chi connectivity index (χ4n) is 4.71. The van der Waals surface area contributed by atoms with E-state index in [1.807, 2.05) is 24.1 Å². The summed E-state index contributed by atoms with van der Waals surface area (Å²) < 4.78 is 12.1. The molecule has 2 atom stereocenters. The van der Waals surface area contributed by atoms with E-state index in [1.165, 1.54) is 0 Å². The van der Waals surface area contributed by atoms with E-state index in [-0.39, 0.29) is 36.1 Å². The van der Waals surface area contributed by atoms with Crippen molar-refractivity contribution in [3.63, 3.8) is 0 Å². The number of methoxy groups -OCH3 is 1. The highest BCUT2D eigenvalue weighted by Crippen LogP contribution is 2.45. The topological polar surface area (TPSA) is 59.1 Å². The third-order valence-electron chi connectivity index (χ3n) is 5.93. The fourth-order valence-corrected chi connectivity index (χ4v) is 5.12. The number of fused-ring (bicyclic) bond motifs is 2. The van der Waals surface area contributed by atoms with Crippen molar-refractivity contribution in [1.29, 1.82) is 0 Å². The predicted molar refractivity (Wildman–Crippen MR) is 99.2 cm³/mol. The van der Waals surface area contributed by atoms with Crippen molar-refractivity contribution in [2.75, 3.05) is 27.3 Å². The van der Waals surface area contributed by atoms with Gasteiger partial charge in [0.05, 0.1) is 18.3 Å². The molecule has 3 aliphatic rings. The van der Waals surface area contributed by atoms with Crippen LogP contribution in [0.3, 0.4) is 0 Å². The second kappa shape index (κ2) is 6.53. The number of amides is 2. The number of morpholine rings is 1. The van der Waals surface area contributed by atoms with E-state index in [9.17, 15) is 9.59 Å². The Labute approximate surface area is 161 Å². The molecule has 0 aliphatic carbocycles. The first-order valence-corrected chi connectivity index (χ1v) is 9.76. The molecule has 1 aromatic rings. The lowest BCUT2D eigenvalue weighted by Gasteiger charge is -2.49. The lowest BCUT2D eigenvalue weighted by Crippen LogP contribution is -2.61. The van der Waals surface area contributed by atoms with Gasteiger partial charge >= 0.3 is 0 Å². The van der Waals surface area contributed by atoms with Crippen molar-refractivity contribution in [2.24, 2.45) is 0 Å². The van der Waals surface area contributed by atoms with Crippen molar-refractivity contribution >= 4 is 27.7 Å². The summed E-state index contributed by atoms with van der Waals surface area (Å²) in [4.78, 5) is 28.8. The van der Waals surface area contributed by atoms with Crippen LogP contribution in [0.4, 0.5) is 0 Å². The Hall–Kier alpha value is -1.60. The molecule has 2 amide bonds. The van der Waals surface area contributed by atoms with Gasteiger partial charge in [0.2, 0.25) is 5.91 Å². The van der Waals surface area contributed by atoms with Crippen LogP contribution in [0.15, 0.2) is 22.7 Å². The van der Waals surface area contributed by atoms with Crippen molar-refractivity contribution in [3.05, 3.63) is 28.2 Å². The fraction of sp³-hybridized carbons (Fsp3) is 0.579. The van der Waals surface area contributed by atoms with Crippen LogP contribution in [0, 0.1) is 0 Å². The van der Waals surface area contributed by atoms with Crippen LogP contribution in [-0.4, -0.2) is 66.6 Å². The normalized spacial score (nSPS) is 30.8. The molecule has 1 spiro atoms. The monoisotopic (exact) mass is 422 g/mol. The summed E-state index contributed by atoms with van der Waals surface area (Å²) in [5.74, 6) is 0.744. The summed E-state index contributed by atoms with van der Waals surface area (Å²) >= 11 is 3.50. The zero-order valence-electron chi connectivity index (χ0n) is 15.0. The number of halogens is 1. The van der Waals surface area contributed by atoms with Crippen LogP contribution < -0.4 is 4.74 Å². The summed E-state index contributed by atoms with van der Waals surface area (Å²) in [6.45, 7) is 0.759. The number of carbonyl (C=O) groups is 2. The first kappa shape index (κ1) is 17.8. The molecular weight excluding hydrogens is 400 g/mol. The third-order valence-corrected chi connectivity index (χ3v) is 6.62. The summed E-state index contributed by atoms with van der Waals surface area (Å²) in [6.07, 6.45) is 3.55. The minimum atomic E-state index is -0.309. The van der Waals surface area contributed by atoms with E-state index in [4.69, 9.17) is 9.47 Å². The van der Waals surface area contributed by atoms with Gasteiger partial charge in [0.1, 0.15) is 12.4 Å². The summed E-state index contributed by atoms with van der Waals surface area (Å²) in [5.41, 5.74) is 0.325. The van der Waals surface area contributed by atoms with E-state index in [1.54, 1.807) is 18.1 Å². The van der Waals surface area contributed by atoms with Gasteiger partial charge in [-0.1, -0.05) is 0 Å². The Morgan fingerprint density at radius 2 is 2.00 bits per heavy atom. The minimum Gasteiger partial charge on any atom is -0.497 e. The molecule has 3 aliphatic heterocycles. The summed E-state index contributed by atoms with van der Waals surface area (Å²) in [6, 6.07) is 5.79. The predicted octanol–water partition coefficient (Wildman–Crippen LogP) is 2.45. The van der Waals surface area contributed by atoms with Gasteiger partial charge in [-0.2, -0.15) is 0 Å². The van der Waals surface area contributed by atoms with Crippen molar-refractivity contribution in [1.82, 2.24) is 9.80 Å². The van der Waals surface area contributed by atoms with Crippen molar-refractivity contribution in [2.45, 2.75) is 43.4 Å². The van der Waals surface area contributed by atoms with Gasteiger partial charge in [0.15, 0.2) is 0 Å². The molecule has 0 radical (unpaired) electrons. The molecule has 0 aromatic heterocycles. The van der Waals surface area contributed by atoms with Crippen LogP contribution in [0.25, 0.3) is 0 Å². The Bertz CT molecular complexity index is 739. The molecular formula is C19H23BrN2O4. The average Bonchev–Trinajstić information content (AvgIpc) is 2.90. The lowest BCUT2D eigenvalue weighted by molar-refractivity contribution is -0.172. The van der Waals surface area contributed by atoms with Gasteiger partial charge in [-0.05, 0) is 59.8 Å². The number of piperidine rings is 1. The van der Waals surface area contributed by atoms with E-state index < -0.39 is 0 Å². The number of carbonyl (C=O) groups excluding carboxylic acids is 2. The highest BCUT2D eigenvalue weighted by Gasteiger charge is 2.53. The molecule has 2 bridgehead atoms. The van der Waals surface area contributed by atoms with Gasteiger partial charge < -0.3 is 19.3 Å². The molecule has 4 rings (SSSR count). The Kier molecular flexibility index (Phi) is 4.47. The molecule has 26 heavy (non-hydrogen) atoms. The molecule has 2 unspecified atom stereocenters. The Morgan fingerprint density at radius 3 is 2.62 bits per heavy atom. The SMILES string of the molecule is COc1ccc(Br)c(C(=O)N2C3CCC2CC2(C3)CN(C)C(=O)CO2)c1. The molecule has 3 heterocycles. The molecule has 0 N–H and O–H groups in total. The molecule has 0 saturated carbocycles. The maximum atomic E-state index is 13.3.